The maximum absolute atomic E-state index is 12.9. The summed E-state index contributed by atoms with van der Waals surface area (Å²) < 4.78 is 12.9. The van der Waals surface area contributed by atoms with E-state index in [0.29, 0.717) is 18.5 Å². The zero-order chi connectivity index (χ0) is 13.3. The van der Waals surface area contributed by atoms with Gasteiger partial charge >= 0.3 is 0 Å². The minimum atomic E-state index is -0.202. The molecule has 1 atom stereocenters. The molecule has 2 N–H and O–H groups in total. The molecule has 1 aromatic rings. The molecule has 0 aliphatic carbocycles. The molecule has 0 fully saturated rings. The Morgan fingerprint density at radius 2 is 2.00 bits per heavy atom. The molecule has 1 aliphatic rings. The van der Waals surface area contributed by atoms with Gasteiger partial charge in [0.05, 0.1) is 12.1 Å². The molecule has 0 bridgehead atoms. The van der Waals surface area contributed by atoms with Crippen LogP contribution in [0, 0.1) is 5.82 Å². The zero-order valence-electron chi connectivity index (χ0n) is 11.2. The lowest BCUT2D eigenvalue weighted by Gasteiger charge is -2.39. The third-order valence-electron chi connectivity index (χ3n) is 3.42. The van der Waals surface area contributed by atoms with E-state index in [-0.39, 0.29) is 11.4 Å². The van der Waals surface area contributed by atoms with Gasteiger partial charge < -0.3 is 10.6 Å². The molecule has 0 aromatic heterocycles. The molecule has 18 heavy (non-hydrogen) atoms. The van der Waals surface area contributed by atoms with Crippen molar-refractivity contribution < 1.29 is 4.39 Å². The summed E-state index contributed by atoms with van der Waals surface area (Å²) in [5.41, 5.74) is 6.94. The SMILES string of the molecule is CC(C)N1C(N)=NCC1(C)Cc1ccc(F)cc1. The summed E-state index contributed by atoms with van der Waals surface area (Å²) in [6.07, 6.45) is 0.815. The second-order valence-corrected chi connectivity index (χ2v) is 5.44. The Morgan fingerprint density at radius 3 is 2.56 bits per heavy atom. The van der Waals surface area contributed by atoms with E-state index in [4.69, 9.17) is 5.73 Å². The van der Waals surface area contributed by atoms with Crippen molar-refractivity contribution in [3.8, 4) is 0 Å². The first-order valence-corrected chi connectivity index (χ1v) is 6.26. The highest BCUT2D eigenvalue weighted by molar-refractivity contribution is 5.81. The van der Waals surface area contributed by atoms with Gasteiger partial charge in [0.2, 0.25) is 0 Å². The van der Waals surface area contributed by atoms with Crippen molar-refractivity contribution in [2.75, 3.05) is 6.54 Å². The van der Waals surface area contributed by atoms with Gasteiger partial charge in [0.15, 0.2) is 5.96 Å². The minimum Gasteiger partial charge on any atom is -0.370 e. The van der Waals surface area contributed by atoms with Gasteiger partial charge in [0.25, 0.3) is 0 Å². The van der Waals surface area contributed by atoms with Crippen LogP contribution in [0.1, 0.15) is 26.3 Å². The number of guanidine groups is 1. The van der Waals surface area contributed by atoms with E-state index >= 15 is 0 Å². The van der Waals surface area contributed by atoms with E-state index in [0.717, 1.165) is 12.0 Å². The van der Waals surface area contributed by atoms with Gasteiger partial charge in [-0.25, -0.2) is 4.39 Å². The lowest BCUT2D eigenvalue weighted by Crippen LogP contribution is -2.54. The van der Waals surface area contributed by atoms with Crippen molar-refractivity contribution in [3.63, 3.8) is 0 Å². The van der Waals surface area contributed by atoms with Crippen molar-refractivity contribution in [1.82, 2.24) is 4.90 Å². The van der Waals surface area contributed by atoms with E-state index in [1.54, 1.807) is 0 Å². The minimum absolute atomic E-state index is 0.115. The Morgan fingerprint density at radius 1 is 1.39 bits per heavy atom. The smallest absolute Gasteiger partial charge is 0.192 e. The molecule has 2 rings (SSSR count). The molecular weight excluding hydrogens is 229 g/mol. The third-order valence-corrected chi connectivity index (χ3v) is 3.42. The first kappa shape index (κ1) is 12.9. The second-order valence-electron chi connectivity index (χ2n) is 5.44. The lowest BCUT2D eigenvalue weighted by atomic mass is 9.91. The number of halogens is 1. The van der Waals surface area contributed by atoms with Crippen LogP contribution in [-0.2, 0) is 6.42 Å². The Hall–Kier alpha value is -1.58. The van der Waals surface area contributed by atoms with Crippen molar-refractivity contribution in [3.05, 3.63) is 35.6 Å². The molecule has 0 radical (unpaired) electrons. The van der Waals surface area contributed by atoms with Gasteiger partial charge in [-0.2, -0.15) is 0 Å². The van der Waals surface area contributed by atoms with Crippen LogP contribution in [0.2, 0.25) is 0 Å². The van der Waals surface area contributed by atoms with Gasteiger partial charge in [-0.15, -0.1) is 0 Å². The Labute approximate surface area is 108 Å². The Balaban J connectivity index is 2.19. The van der Waals surface area contributed by atoms with Crippen LogP contribution < -0.4 is 5.73 Å². The summed E-state index contributed by atoms with van der Waals surface area (Å²) >= 11 is 0. The van der Waals surface area contributed by atoms with Crippen LogP contribution in [0.3, 0.4) is 0 Å². The fourth-order valence-corrected chi connectivity index (χ4v) is 2.75. The van der Waals surface area contributed by atoms with E-state index in [1.165, 1.54) is 12.1 Å². The second kappa shape index (κ2) is 4.59. The normalized spacial score (nSPS) is 23.6. The molecule has 4 heteroatoms. The van der Waals surface area contributed by atoms with Crippen molar-refractivity contribution in [2.45, 2.75) is 38.8 Å². The first-order chi connectivity index (χ1) is 8.42. The molecule has 98 valence electrons. The summed E-state index contributed by atoms with van der Waals surface area (Å²) in [4.78, 5) is 6.50. The quantitative estimate of drug-likeness (QED) is 0.892. The van der Waals surface area contributed by atoms with Crippen LogP contribution >= 0.6 is 0 Å². The largest absolute Gasteiger partial charge is 0.370 e. The maximum atomic E-state index is 12.9. The highest BCUT2D eigenvalue weighted by Crippen LogP contribution is 2.28. The summed E-state index contributed by atoms with van der Waals surface area (Å²) in [6.45, 7) is 7.06. The van der Waals surface area contributed by atoms with E-state index in [9.17, 15) is 4.39 Å². The topological polar surface area (TPSA) is 41.6 Å². The Bertz CT molecular complexity index is 453. The monoisotopic (exact) mass is 249 g/mol. The number of benzene rings is 1. The molecule has 0 saturated carbocycles. The standard InChI is InChI=1S/C14H20FN3/c1-10(2)18-13(16)17-9-14(18,3)8-11-4-6-12(15)7-5-11/h4-7,10H,8-9H2,1-3H3,(H2,16,17). The molecular formula is C14H20FN3. The fraction of sp³-hybridized carbons (Fsp3) is 0.500. The highest BCUT2D eigenvalue weighted by atomic mass is 19.1. The average Bonchev–Trinajstić information content (AvgIpc) is 2.58. The number of aliphatic imine (C=N–C) groups is 1. The third kappa shape index (κ3) is 2.33. The van der Waals surface area contributed by atoms with Gasteiger partial charge in [-0.1, -0.05) is 12.1 Å². The molecule has 3 nitrogen and oxygen atoms in total. The van der Waals surface area contributed by atoms with Gasteiger partial charge in [-0.05, 0) is 44.9 Å². The van der Waals surface area contributed by atoms with Crippen LogP contribution in [0.5, 0.6) is 0 Å². The fourth-order valence-electron chi connectivity index (χ4n) is 2.75. The molecule has 1 aliphatic heterocycles. The lowest BCUT2D eigenvalue weighted by molar-refractivity contribution is 0.183. The summed E-state index contributed by atoms with van der Waals surface area (Å²) in [7, 11) is 0. The molecule has 0 spiro atoms. The van der Waals surface area contributed by atoms with E-state index < -0.39 is 0 Å². The van der Waals surface area contributed by atoms with Gasteiger partial charge in [0, 0.05) is 6.04 Å². The van der Waals surface area contributed by atoms with Crippen molar-refractivity contribution >= 4 is 5.96 Å². The summed E-state index contributed by atoms with van der Waals surface area (Å²) in [5, 5.41) is 0. The van der Waals surface area contributed by atoms with E-state index in [2.05, 4.69) is 30.7 Å². The van der Waals surface area contributed by atoms with Crippen molar-refractivity contribution in [1.29, 1.82) is 0 Å². The zero-order valence-corrected chi connectivity index (χ0v) is 11.2. The predicted molar refractivity (Wildman–Crippen MR) is 72.0 cm³/mol. The van der Waals surface area contributed by atoms with E-state index in [1.807, 2.05) is 12.1 Å². The molecule has 1 unspecified atom stereocenters. The maximum Gasteiger partial charge on any atom is 0.192 e. The molecule has 0 amide bonds. The number of hydrogen-bond acceptors (Lipinski definition) is 3. The van der Waals surface area contributed by atoms with Gasteiger partial charge in [0.1, 0.15) is 5.82 Å². The predicted octanol–water partition coefficient (Wildman–Crippen LogP) is 2.17. The van der Waals surface area contributed by atoms with Crippen LogP contribution in [-0.4, -0.2) is 29.0 Å². The van der Waals surface area contributed by atoms with Crippen LogP contribution in [0.4, 0.5) is 4.39 Å². The average molecular weight is 249 g/mol. The first-order valence-electron chi connectivity index (χ1n) is 6.26. The Kier molecular flexibility index (Phi) is 3.28. The van der Waals surface area contributed by atoms with Gasteiger partial charge in [-0.3, -0.25) is 4.99 Å². The van der Waals surface area contributed by atoms with Crippen LogP contribution in [0.25, 0.3) is 0 Å². The summed E-state index contributed by atoms with van der Waals surface area (Å²) in [5.74, 6) is 0.404. The number of hydrogen-bond donors (Lipinski definition) is 1. The molecule has 1 heterocycles. The summed E-state index contributed by atoms with van der Waals surface area (Å²) in [6, 6.07) is 6.96. The number of nitrogens with zero attached hydrogens (tertiary/aromatic N) is 2. The highest BCUT2D eigenvalue weighted by Gasteiger charge is 2.39. The molecule has 0 saturated heterocycles. The van der Waals surface area contributed by atoms with Crippen molar-refractivity contribution in [2.24, 2.45) is 10.7 Å². The number of nitrogens with two attached hydrogens (primary N) is 1. The molecule has 1 aromatic carbocycles. The number of rotatable bonds is 3. The van der Waals surface area contributed by atoms with Crippen LogP contribution in [0.15, 0.2) is 29.3 Å².